The van der Waals surface area contributed by atoms with Gasteiger partial charge in [0.2, 0.25) is 0 Å². The Labute approximate surface area is 132 Å². The molecular formula is C19H13NO3. The number of rotatable bonds is 1. The van der Waals surface area contributed by atoms with Gasteiger partial charge in [0.15, 0.2) is 6.10 Å². The van der Waals surface area contributed by atoms with Crippen molar-refractivity contribution in [1.29, 1.82) is 5.26 Å². The van der Waals surface area contributed by atoms with Gasteiger partial charge in [-0.2, -0.15) is 5.26 Å². The second-order valence-electron chi connectivity index (χ2n) is 5.68. The first-order chi connectivity index (χ1) is 11.2. The molecule has 2 aromatic carbocycles. The first-order valence-electron chi connectivity index (χ1n) is 7.37. The molecule has 0 saturated carbocycles. The lowest BCUT2D eigenvalue weighted by Gasteiger charge is -2.12. The van der Waals surface area contributed by atoms with Crippen LogP contribution in [0.15, 0.2) is 57.7 Å². The highest BCUT2D eigenvalue weighted by Crippen LogP contribution is 2.43. The molecule has 0 N–H and O–H groups in total. The van der Waals surface area contributed by atoms with Crippen molar-refractivity contribution in [3.05, 3.63) is 75.6 Å². The summed E-state index contributed by atoms with van der Waals surface area (Å²) in [7, 11) is 0. The van der Waals surface area contributed by atoms with Gasteiger partial charge in [0.1, 0.15) is 17.4 Å². The first-order valence-corrected chi connectivity index (χ1v) is 7.37. The summed E-state index contributed by atoms with van der Waals surface area (Å²) in [6.07, 6.45) is -0.735. The van der Waals surface area contributed by atoms with Crippen LogP contribution in [0.1, 0.15) is 22.6 Å². The minimum Gasteiger partial charge on any atom is -0.473 e. The Morgan fingerprint density at radius 3 is 2.57 bits per heavy atom. The first kappa shape index (κ1) is 13.6. The Morgan fingerprint density at radius 1 is 1.09 bits per heavy atom. The lowest BCUT2D eigenvalue weighted by atomic mass is 9.89. The summed E-state index contributed by atoms with van der Waals surface area (Å²) in [5, 5.41) is 10.2. The van der Waals surface area contributed by atoms with E-state index in [9.17, 15) is 10.1 Å². The predicted octanol–water partition coefficient (Wildman–Crippen LogP) is 3.52. The number of aryl methyl sites for hydroxylation is 1. The minimum absolute atomic E-state index is 0.430. The highest BCUT2D eigenvalue weighted by Gasteiger charge is 2.40. The highest BCUT2D eigenvalue weighted by atomic mass is 16.5. The maximum atomic E-state index is 12.5. The fourth-order valence-electron chi connectivity index (χ4n) is 3.09. The molecule has 0 fully saturated rings. The molecule has 0 saturated heterocycles. The topological polar surface area (TPSA) is 63.2 Å². The molecule has 1 aromatic heterocycles. The van der Waals surface area contributed by atoms with E-state index < -0.39 is 17.6 Å². The molecule has 1 aliphatic rings. The lowest BCUT2D eigenvalue weighted by Crippen LogP contribution is -2.20. The minimum atomic E-state index is -0.735. The fraction of sp³-hybridized carbons (Fsp3) is 0.158. The van der Waals surface area contributed by atoms with Gasteiger partial charge in [-0.3, -0.25) is 0 Å². The summed E-state index contributed by atoms with van der Waals surface area (Å²) in [5.74, 6) is 0.0328. The maximum absolute atomic E-state index is 12.5. The molecule has 0 amide bonds. The monoisotopic (exact) mass is 303 g/mol. The van der Waals surface area contributed by atoms with Gasteiger partial charge in [-0.1, -0.05) is 42.0 Å². The number of fused-ring (bicyclic) bond motifs is 3. The van der Waals surface area contributed by atoms with E-state index in [-0.39, 0.29) is 0 Å². The van der Waals surface area contributed by atoms with Gasteiger partial charge >= 0.3 is 5.63 Å². The quantitative estimate of drug-likeness (QED) is 0.645. The molecule has 112 valence electrons. The zero-order valence-corrected chi connectivity index (χ0v) is 12.4. The van der Waals surface area contributed by atoms with Crippen LogP contribution >= 0.6 is 0 Å². The van der Waals surface area contributed by atoms with Crippen LogP contribution in [0, 0.1) is 18.3 Å². The van der Waals surface area contributed by atoms with Crippen molar-refractivity contribution in [1.82, 2.24) is 0 Å². The van der Waals surface area contributed by atoms with Crippen LogP contribution in [0.25, 0.3) is 11.0 Å². The summed E-state index contributed by atoms with van der Waals surface area (Å²) in [6.45, 7) is 1.99. The number of nitriles is 1. The Balaban J connectivity index is 2.00. The highest BCUT2D eigenvalue weighted by molar-refractivity contribution is 5.85. The summed E-state index contributed by atoms with van der Waals surface area (Å²) in [5.41, 5.74) is 2.45. The largest absolute Gasteiger partial charge is 0.473 e. The number of ether oxygens (including phenoxy) is 1. The summed E-state index contributed by atoms with van der Waals surface area (Å²) < 4.78 is 11.3. The van der Waals surface area contributed by atoms with E-state index in [1.165, 1.54) is 0 Å². The van der Waals surface area contributed by atoms with Crippen LogP contribution in [0.4, 0.5) is 0 Å². The van der Waals surface area contributed by atoms with Crippen molar-refractivity contribution in [2.75, 3.05) is 0 Å². The number of benzene rings is 2. The van der Waals surface area contributed by atoms with Gasteiger partial charge in [-0.25, -0.2) is 4.79 Å². The van der Waals surface area contributed by atoms with Crippen LogP contribution in [0.3, 0.4) is 0 Å². The Bertz CT molecular complexity index is 996. The molecule has 0 unspecified atom stereocenters. The molecule has 0 bridgehead atoms. The van der Waals surface area contributed by atoms with Crippen molar-refractivity contribution in [2.45, 2.75) is 18.9 Å². The van der Waals surface area contributed by atoms with Gasteiger partial charge in [-0.15, -0.1) is 0 Å². The Kier molecular flexibility index (Phi) is 2.95. The van der Waals surface area contributed by atoms with Gasteiger partial charge in [0.05, 0.1) is 16.9 Å². The molecule has 0 radical (unpaired) electrons. The molecular weight excluding hydrogens is 290 g/mol. The van der Waals surface area contributed by atoms with Gasteiger partial charge in [0, 0.05) is 0 Å². The van der Waals surface area contributed by atoms with Crippen molar-refractivity contribution in [3.63, 3.8) is 0 Å². The molecule has 3 aromatic rings. The summed E-state index contributed by atoms with van der Waals surface area (Å²) >= 11 is 0. The molecule has 0 spiro atoms. The third-order valence-corrected chi connectivity index (χ3v) is 4.22. The maximum Gasteiger partial charge on any atom is 0.344 e. The van der Waals surface area contributed by atoms with E-state index in [2.05, 4.69) is 6.07 Å². The second kappa shape index (κ2) is 4.99. The molecule has 1 aliphatic heterocycles. The molecule has 4 heteroatoms. The lowest BCUT2D eigenvalue weighted by molar-refractivity contribution is 0.277. The van der Waals surface area contributed by atoms with Crippen LogP contribution < -0.4 is 10.4 Å². The van der Waals surface area contributed by atoms with E-state index >= 15 is 0 Å². The smallest absolute Gasteiger partial charge is 0.344 e. The van der Waals surface area contributed by atoms with Crippen LogP contribution in [-0.4, -0.2) is 6.10 Å². The van der Waals surface area contributed by atoms with Gasteiger partial charge in [0.25, 0.3) is 0 Å². The average molecular weight is 303 g/mol. The Hall–Kier alpha value is -3.06. The summed E-state index contributed by atoms with van der Waals surface area (Å²) in [6, 6.07) is 17.2. The third-order valence-electron chi connectivity index (χ3n) is 4.22. The molecule has 2 atom stereocenters. The predicted molar refractivity (Wildman–Crippen MR) is 85.5 cm³/mol. The molecule has 0 aliphatic carbocycles. The van der Waals surface area contributed by atoms with E-state index in [1.54, 1.807) is 12.1 Å². The van der Waals surface area contributed by atoms with E-state index in [0.29, 0.717) is 16.9 Å². The normalized spacial score (nSPS) is 19.1. The zero-order valence-electron chi connectivity index (χ0n) is 12.4. The fourth-order valence-corrected chi connectivity index (χ4v) is 3.09. The number of nitrogens with zero attached hydrogens (tertiary/aromatic N) is 1. The standard InChI is InChI=1S/C19H13NO3/c1-11-6-8-12(9-7-11)16-15(10-20)22-18-13-4-2-3-5-14(13)23-19(21)17(16)18/h2-9,15-16H,1H3/t15-,16-/m1/s1. The SMILES string of the molecule is Cc1ccc([C@H]2c3c(c4ccccc4oc3=O)O[C@@H]2C#N)cc1. The van der Waals surface area contributed by atoms with Gasteiger partial charge in [-0.05, 0) is 24.6 Å². The van der Waals surface area contributed by atoms with E-state index in [1.807, 2.05) is 43.3 Å². The summed E-state index contributed by atoms with van der Waals surface area (Å²) in [4.78, 5) is 12.5. The average Bonchev–Trinajstić information content (AvgIpc) is 2.96. The number of hydrogen-bond donors (Lipinski definition) is 0. The molecule has 2 heterocycles. The number of hydrogen-bond acceptors (Lipinski definition) is 4. The van der Waals surface area contributed by atoms with Crippen LogP contribution in [0.5, 0.6) is 5.75 Å². The van der Waals surface area contributed by atoms with Crippen molar-refractivity contribution in [3.8, 4) is 11.8 Å². The van der Waals surface area contributed by atoms with E-state index in [0.717, 1.165) is 16.5 Å². The zero-order chi connectivity index (χ0) is 16.0. The molecule has 4 rings (SSSR count). The molecule has 23 heavy (non-hydrogen) atoms. The number of para-hydroxylation sites is 1. The second-order valence-corrected chi connectivity index (χ2v) is 5.68. The third kappa shape index (κ3) is 2.01. The van der Waals surface area contributed by atoms with Crippen molar-refractivity contribution >= 4 is 11.0 Å². The van der Waals surface area contributed by atoms with Gasteiger partial charge < -0.3 is 9.15 Å². The van der Waals surface area contributed by atoms with Crippen LogP contribution in [0.2, 0.25) is 0 Å². The Morgan fingerprint density at radius 2 is 1.83 bits per heavy atom. The van der Waals surface area contributed by atoms with Crippen molar-refractivity contribution in [2.24, 2.45) is 0 Å². The van der Waals surface area contributed by atoms with E-state index in [4.69, 9.17) is 9.15 Å². The van der Waals surface area contributed by atoms with Crippen molar-refractivity contribution < 1.29 is 9.15 Å². The molecule has 4 nitrogen and oxygen atoms in total. The van der Waals surface area contributed by atoms with Crippen LogP contribution in [-0.2, 0) is 0 Å².